The number of methoxy groups -OCH3 is 1. The van der Waals surface area contributed by atoms with Gasteiger partial charge in [0.15, 0.2) is 5.82 Å². The van der Waals surface area contributed by atoms with Gasteiger partial charge in [0.1, 0.15) is 29.1 Å². The lowest BCUT2D eigenvalue weighted by molar-refractivity contribution is -0.126. The summed E-state index contributed by atoms with van der Waals surface area (Å²) < 4.78 is 34.8. The van der Waals surface area contributed by atoms with Crippen molar-refractivity contribution in [2.75, 3.05) is 85.5 Å². The molecule has 48 heavy (non-hydrogen) atoms. The number of amides is 1. The topological polar surface area (TPSA) is 169 Å². The van der Waals surface area contributed by atoms with Gasteiger partial charge in [0.05, 0.1) is 77.8 Å². The van der Waals surface area contributed by atoms with Crippen LogP contribution in [0.5, 0.6) is 5.75 Å². The van der Waals surface area contributed by atoms with E-state index in [2.05, 4.69) is 27.3 Å². The molecular formula is C34H49N7O7. The highest BCUT2D eigenvalue weighted by molar-refractivity contribution is 5.93. The van der Waals surface area contributed by atoms with Crippen LogP contribution in [0.3, 0.4) is 0 Å². The van der Waals surface area contributed by atoms with E-state index in [0.717, 1.165) is 66.9 Å². The van der Waals surface area contributed by atoms with E-state index < -0.39 is 0 Å². The molecule has 14 heteroatoms. The molecule has 14 nitrogen and oxygen atoms in total. The lowest BCUT2D eigenvalue weighted by atomic mass is 9.81. The summed E-state index contributed by atoms with van der Waals surface area (Å²) in [6, 6.07) is 7.93. The molecular weight excluding hydrogens is 618 g/mol. The molecule has 262 valence electrons. The second-order valence-electron chi connectivity index (χ2n) is 11.7. The van der Waals surface area contributed by atoms with E-state index in [1.807, 2.05) is 28.8 Å². The Morgan fingerprint density at radius 3 is 2.23 bits per heavy atom. The maximum absolute atomic E-state index is 12.9. The number of fused-ring (bicyclic) bond motifs is 2. The molecule has 1 fully saturated rings. The first kappa shape index (κ1) is 35.5. The Balaban J connectivity index is 0.992. The molecule has 4 N–H and O–H groups in total. The third kappa shape index (κ3) is 9.41. The first-order chi connectivity index (χ1) is 23.6. The van der Waals surface area contributed by atoms with Gasteiger partial charge in [0, 0.05) is 30.4 Å². The van der Waals surface area contributed by atoms with Crippen molar-refractivity contribution in [3.05, 3.63) is 36.4 Å². The van der Waals surface area contributed by atoms with Crippen molar-refractivity contribution < 1.29 is 33.2 Å². The monoisotopic (exact) mass is 667 g/mol. The van der Waals surface area contributed by atoms with Gasteiger partial charge in [-0.15, -0.1) is 0 Å². The molecule has 0 atom stereocenters. The van der Waals surface area contributed by atoms with E-state index in [0.29, 0.717) is 83.0 Å². The number of hydrogen-bond acceptors (Lipinski definition) is 11. The van der Waals surface area contributed by atoms with Crippen LogP contribution in [0, 0.1) is 5.92 Å². The van der Waals surface area contributed by atoms with E-state index in [1.165, 1.54) is 6.33 Å². The molecule has 5 rings (SSSR count). The van der Waals surface area contributed by atoms with Crippen LogP contribution < -0.4 is 15.8 Å². The Hall–Kier alpha value is -3.82. The maximum Gasteiger partial charge on any atom is 0.223 e. The standard InChI is InChI=1S/C34H49N7O7/c1-3-12-44-14-16-46-18-20-48-21-19-47-17-15-45-13-11-36-34(42)25-9-7-24(8-10-25)33-40-30(31-32(35)37-23-38-41(31)33)27-22-26-5-4-6-28(43-2)29(26)39-27/h4-6,22-25,39H,3,7-21H2,1-2H3,(H,36,42)(H2,35,37,38). The predicted octanol–water partition coefficient (Wildman–Crippen LogP) is 3.75. The van der Waals surface area contributed by atoms with Crippen LogP contribution in [-0.4, -0.2) is 110 Å². The van der Waals surface area contributed by atoms with Crippen LogP contribution in [0.4, 0.5) is 5.82 Å². The van der Waals surface area contributed by atoms with Gasteiger partial charge in [-0.2, -0.15) is 5.10 Å². The van der Waals surface area contributed by atoms with Crippen molar-refractivity contribution in [2.45, 2.75) is 44.9 Å². The fourth-order valence-corrected chi connectivity index (χ4v) is 5.99. The van der Waals surface area contributed by atoms with Crippen LogP contribution in [-0.2, 0) is 28.5 Å². The normalized spacial score (nSPS) is 16.5. The molecule has 0 aliphatic heterocycles. The molecule has 1 aromatic carbocycles. The van der Waals surface area contributed by atoms with Crippen LogP contribution in [0.25, 0.3) is 27.8 Å². The van der Waals surface area contributed by atoms with Gasteiger partial charge in [-0.1, -0.05) is 19.1 Å². The number of aromatic nitrogens is 5. The third-order valence-corrected chi connectivity index (χ3v) is 8.42. The Morgan fingerprint density at radius 2 is 1.58 bits per heavy atom. The van der Waals surface area contributed by atoms with E-state index in [1.54, 1.807) is 7.11 Å². The van der Waals surface area contributed by atoms with Crippen molar-refractivity contribution in [3.8, 4) is 17.1 Å². The summed E-state index contributed by atoms with van der Waals surface area (Å²) in [5.74, 6) is 2.11. The molecule has 3 aromatic heterocycles. The van der Waals surface area contributed by atoms with Crippen molar-refractivity contribution >= 4 is 28.1 Å². The fraction of sp³-hybridized carbons (Fsp3) is 0.588. The predicted molar refractivity (Wildman–Crippen MR) is 181 cm³/mol. The minimum atomic E-state index is -0.0454. The van der Waals surface area contributed by atoms with Crippen molar-refractivity contribution in [2.24, 2.45) is 5.92 Å². The molecule has 1 aliphatic rings. The first-order valence-electron chi connectivity index (χ1n) is 16.9. The van der Waals surface area contributed by atoms with Gasteiger partial charge in [-0.3, -0.25) is 4.79 Å². The SMILES string of the molecule is CCCOCCOCCOCCOCCOCCNC(=O)C1CCC(c2nc(-c3cc4cccc(OC)c4[nH]3)c3c(N)ncnn23)CC1. The number of nitrogens with one attached hydrogen (secondary N) is 2. The number of hydrogen-bond donors (Lipinski definition) is 3. The minimum absolute atomic E-state index is 0.0454. The molecule has 4 aromatic rings. The van der Waals surface area contributed by atoms with Gasteiger partial charge < -0.3 is 44.5 Å². The van der Waals surface area contributed by atoms with Crippen molar-refractivity contribution in [3.63, 3.8) is 0 Å². The highest BCUT2D eigenvalue weighted by Gasteiger charge is 2.31. The van der Waals surface area contributed by atoms with Crippen molar-refractivity contribution in [1.82, 2.24) is 29.9 Å². The molecule has 1 saturated carbocycles. The summed E-state index contributed by atoms with van der Waals surface area (Å²) in [6.07, 6.45) is 5.64. The van der Waals surface area contributed by atoms with Crippen LogP contribution in [0.1, 0.15) is 50.8 Å². The highest BCUT2D eigenvalue weighted by atomic mass is 16.6. The molecule has 0 spiro atoms. The molecule has 0 unspecified atom stereocenters. The summed E-state index contributed by atoms with van der Waals surface area (Å²) in [5.41, 5.74) is 9.43. The number of aromatic amines is 1. The van der Waals surface area contributed by atoms with Crippen molar-refractivity contribution in [1.29, 1.82) is 0 Å². The summed E-state index contributed by atoms with van der Waals surface area (Å²) >= 11 is 0. The second-order valence-corrected chi connectivity index (χ2v) is 11.7. The lowest BCUT2D eigenvalue weighted by Gasteiger charge is -2.26. The third-order valence-electron chi connectivity index (χ3n) is 8.42. The Labute approximate surface area is 281 Å². The van der Waals surface area contributed by atoms with Crippen LogP contribution in [0.15, 0.2) is 30.6 Å². The second kappa shape index (κ2) is 18.7. The summed E-state index contributed by atoms with van der Waals surface area (Å²) in [7, 11) is 1.65. The van der Waals surface area contributed by atoms with Gasteiger partial charge in [-0.25, -0.2) is 14.5 Å². The number of benzene rings is 1. The number of nitrogen functional groups attached to an aromatic ring is 1. The zero-order valence-electron chi connectivity index (χ0n) is 28.1. The molecule has 3 heterocycles. The first-order valence-corrected chi connectivity index (χ1v) is 16.9. The molecule has 0 bridgehead atoms. The number of carbonyl (C=O) groups is 1. The van der Waals surface area contributed by atoms with Gasteiger partial charge in [-0.05, 0) is 44.2 Å². The number of imidazole rings is 1. The van der Waals surface area contributed by atoms with Gasteiger partial charge in [0.25, 0.3) is 0 Å². The van der Waals surface area contributed by atoms with E-state index >= 15 is 0 Å². The Bertz CT molecular complexity index is 1570. The average molecular weight is 668 g/mol. The zero-order valence-corrected chi connectivity index (χ0v) is 28.1. The number of nitrogens with two attached hydrogens (primary N) is 1. The van der Waals surface area contributed by atoms with Gasteiger partial charge in [0.2, 0.25) is 5.91 Å². The molecule has 0 radical (unpaired) electrons. The number of para-hydroxylation sites is 1. The summed E-state index contributed by atoms with van der Waals surface area (Å²) in [4.78, 5) is 25.6. The minimum Gasteiger partial charge on any atom is -0.495 e. The highest BCUT2D eigenvalue weighted by Crippen LogP contribution is 2.39. The number of nitrogens with zero attached hydrogens (tertiary/aromatic N) is 4. The zero-order chi connectivity index (χ0) is 33.6. The fourth-order valence-electron chi connectivity index (χ4n) is 5.99. The summed E-state index contributed by atoms with van der Waals surface area (Å²) in [6.45, 7) is 7.96. The molecule has 1 aliphatic carbocycles. The smallest absolute Gasteiger partial charge is 0.223 e. The number of carbonyl (C=O) groups excluding carboxylic acids is 1. The maximum atomic E-state index is 12.9. The lowest BCUT2D eigenvalue weighted by Crippen LogP contribution is -2.35. The molecule has 1 amide bonds. The Kier molecular flexibility index (Phi) is 13.8. The number of H-pyrrole nitrogens is 1. The number of rotatable bonds is 21. The van der Waals surface area contributed by atoms with E-state index in [-0.39, 0.29) is 17.7 Å². The largest absolute Gasteiger partial charge is 0.495 e. The average Bonchev–Trinajstić information content (AvgIpc) is 3.72. The Morgan fingerprint density at radius 1 is 0.938 bits per heavy atom. The quantitative estimate of drug-likeness (QED) is 0.111. The number of anilines is 1. The molecule has 0 saturated heterocycles. The van der Waals surface area contributed by atoms with Crippen LogP contribution >= 0.6 is 0 Å². The number of ether oxygens (including phenoxy) is 6. The van der Waals surface area contributed by atoms with Gasteiger partial charge >= 0.3 is 0 Å². The van der Waals surface area contributed by atoms with E-state index in [9.17, 15) is 4.79 Å². The van der Waals surface area contributed by atoms with E-state index in [4.69, 9.17) is 39.1 Å². The van der Waals surface area contributed by atoms with Crippen LogP contribution in [0.2, 0.25) is 0 Å². The summed E-state index contributed by atoms with van der Waals surface area (Å²) in [5, 5.41) is 8.56.